The molecule has 0 radical (unpaired) electrons. The molecule has 3 aromatic carbocycles. The second-order valence-electron chi connectivity index (χ2n) is 8.38. The van der Waals surface area contributed by atoms with Gasteiger partial charge in [-0.2, -0.15) is 5.26 Å². The van der Waals surface area contributed by atoms with Crippen molar-refractivity contribution in [2.45, 2.75) is 13.5 Å². The minimum absolute atomic E-state index is 0.0116. The molecule has 0 aliphatic carbocycles. The average molecular weight is 575 g/mol. The molecule has 38 heavy (non-hydrogen) atoms. The van der Waals surface area contributed by atoms with Crippen LogP contribution in [-0.4, -0.2) is 36.4 Å². The number of carbonyl (C=O) groups is 3. The number of halogens is 1. The number of anilines is 1. The fourth-order valence-electron chi connectivity index (χ4n) is 3.70. The maximum atomic E-state index is 12.9. The Labute approximate surface area is 227 Å². The number of hydrogen-bond donors (Lipinski definition) is 2. The fraction of sp³-hybridized carbons (Fsp3) is 0.143. The summed E-state index contributed by atoms with van der Waals surface area (Å²) in [6, 6.07) is 19.1. The summed E-state index contributed by atoms with van der Waals surface area (Å²) in [5, 5.41) is 14.5. The van der Waals surface area contributed by atoms with Crippen molar-refractivity contribution in [2.75, 3.05) is 19.0 Å². The second kappa shape index (κ2) is 11.6. The van der Waals surface area contributed by atoms with Crippen molar-refractivity contribution in [1.29, 1.82) is 5.26 Å². The minimum atomic E-state index is -0.695. The SMILES string of the molecule is COc1cc(/C=C2\NC(=O)N(CC(=O)Nc3ccc(C)cc3)C2=O)c(Br)cc1OCc1ccccc1C#N. The first-order chi connectivity index (χ1) is 18.3. The number of ether oxygens (including phenoxy) is 2. The van der Waals surface area contributed by atoms with E-state index in [9.17, 15) is 19.6 Å². The van der Waals surface area contributed by atoms with E-state index >= 15 is 0 Å². The van der Waals surface area contributed by atoms with Crippen LogP contribution in [0.4, 0.5) is 10.5 Å². The smallest absolute Gasteiger partial charge is 0.329 e. The van der Waals surface area contributed by atoms with Crippen molar-refractivity contribution in [3.63, 3.8) is 0 Å². The van der Waals surface area contributed by atoms with E-state index in [0.717, 1.165) is 16.0 Å². The van der Waals surface area contributed by atoms with E-state index in [2.05, 4.69) is 32.6 Å². The largest absolute Gasteiger partial charge is 0.493 e. The van der Waals surface area contributed by atoms with E-state index in [1.54, 1.807) is 42.5 Å². The van der Waals surface area contributed by atoms with E-state index in [0.29, 0.717) is 32.8 Å². The third kappa shape index (κ3) is 6.02. The molecule has 0 aromatic heterocycles. The first-order valence-corrected chi connectivity index (χ1v) is 12.3. The number of amides is 4. The Bertz CT molecular complexity index is 1480. The summed E-state index contributed by atoms with van der Waals surface area (Å²) >= 11 is 3.47. The van der Waals surface area contributed by atoms with Crippen molar-refractivity contribution >= 4 is 45.5 Å². The van der Waals surface area contributed by atoms with Crippen LogP contribution >= 0.6 is 15.9 Å². The number of aryl methyl sites for hydroxylation is 1. The van der Waals surface area contributed by atoms with Crippen LogP contribution < -0.4 is 20.1 Å². The topological polar surface area (TPSA) is 121 Å². The molecule has 1 fully saturated rings. The first-order valence-electron chi connectivity index (χ1n) is 11.5. The zero-order valence-corrected chi connectivity index (χ0v) is 22.2. The molecule has 4 rings (SSSR count). The molecule has 0 spiro atoms. The number of urea groups is 1. The lowest BCUT2D eigenvalue weighted by Crippen LogP contribution is -2.38. The molecule has 10 heteroatoms. The molecule has 0 saturated carbocycles. The van der Waals surface area contributed by atoms with Gasteiger partial charge in [0.1, 0.15) is 18.8 Å². The Hall–Kier alpha value is -4.62. The molecule has 1 aliphatic heterocycles. The normalized spacial score (nSPS) is 13.7. The van der Waals surface area contributed by atoms with Gasteiger partial charge in [-0.25, -0.2) is 9.69 Å². The van der Waals surface area contributed by atoms with Crippen LogP contribution in [0.15, 0.2) is 70.8 Å². The van der Waals surface area contributed by atoms with E-state index < -0.39 is 24.4 Å². The van der Waals surface area contributed by atoms with E-state index in [4.69, 9.17) is 9.47 Å². The molecule has 1 aliphatic rings. The number of benzene rings is 3. The molecule has 0 atom stereocenters. The lowest BCUT2D eigenvalue weighted by molar-refractivity contribution is -0.127. The maximum absolute atomic E-state index is 12.9. The molecule has 2 N–H and O–H groups in total. The molecule has 4 amide bonds. The van der Waals surface area contributed by atoms with Crippen LogP contribution in [0.1, 0.15) is 22.3 Å². The number of nitriles is 1. The van der Waals surface area contributed by atoms with Crippen molar-refractivity contribution < 1.29 is 23.9 Å². The van der Waals surface area contributed by atoms with Crippen LogP contribution in [0, 0.1) is 18.3 Å². The zero-order chi connectivity index (χ0) is 27.2. The Morgan fingerprint density at radius 3 is 2.58 bits per heavy atom. The number of nitrogens with one attached hydrogen (secondary N) is 2. The third-order valence-corrected chi connectivity index (χ3v) is 6.39. The van der Waals surface area contributed by atoms with Gasteiger partial charge in [0, 0.05) is 15.7 Å². The molecule has 3 aromatic rings. The molecule has 192 valence electrons. The van der Waals surface area contributed by atoms with Crippen LogP contribution in [0.3, 0.4) is 0 Å². The minimum Gasteiger partial charge on any atom is -0.493 e. The van der Waals surface area contributed by atoms with Crippen molar-refractivity contribution in [3.05, 3.63) is 93.1 Å². The summed E-state index contributed by atoms with van der Waals surface area (Å²) in [7, 11) is 1.48. The number of rotatable bonds is 8. The van der Waals surface area contributed by atoms with Gasteiger partial charge >= 0.3 is 6.03 Å². The van der Waals surface area contributed by atoms with Crippen molar-refractivity contribution in [3.8, 4) is 17.6 Å². The summed E-state index contributed by atoms with van der Waals surface area (Å²) in [6.07, 6.45) is 1.49. The van der Waals surface area contributed by atoms with Gasteiger partial charge in [-0.05, 0) is 48.9 Å². The molecule has 0 unspecified atom stereocenters. The number of carbonyl (C=O) groups excluding carboxylic acids is 3. The lowest BCUT2D eigenvalue weighted by Gasteiger charge is -2.14. The zero-order valence-electron chi connectivity index (χ0n) is 20.6. The van der Waals surface area contributed by atoms with Crippen LogP contribution in [0.25, 0.3) is 6.08 Å². The third-order valence-electron chi connectivity index (χ3n) is 5.70. The van der Waals surface area contributed by atoms with Crippen LogP contribution in [0.2, 0.25) is 0 Å². The lowest BCUT2D eigenvalue weighted by atomic mass is 10.1. The highest BCUT2D eigenvalue weighted by Crippen LogP contribution is 2.35. The highest BCUT2D eigenvalue weighted by atomic mass is 79.9. The Balaban J connectivity index is 1.48. The number of nitrogens with zero attached hydrogens (tertiary/aromatic N) is 2. The van der Waals surface area contributed by atoms with Crippen molar-refractivity contribution in [1.82, 2.24) is 10.2 Å². The summed E-state index contributed by atoms with van der Waals surface area (Å²) < 4.78 is 11.9. The van der Waals surface area contributed by atoms with Gasteiger partial charge in [0.2, 0.25) is 5.91 Å². The van der Waals surface area contributed by atoms with Gasteiger partial charge in [0.25, 0.3) is 5.91 Å². The van der Waals surface area contributed by atoms with E-state index in [1.165, 1.54) is 13.2 Å². The second-order valence-corrected chi connectivity index (χ2v) is 9.23. The van der Waals surface area contributed by atoms with Gasteiger partial charge < -0.3 is 20.1 Å². The van der Waals surface area contributed by atoms with Gasteiger partial charge in [-0.3, -0.25) is 9.59 Å². The number of hydrogen-bond acceptors (Lipinski definition) is 6. The predicted octanol–water partition coefficient (Wildman–Crippen LogP) is 4.75. The van der Waals surface area contributed by atoms with E-state index in [1.807, 2.05) is 25.1 Å². The predicted molar refractivity (Wildman–Crippen MR) is 144 cm³/mol. The van der Waals surface area contributed by atoms with Gasteiger partial charge in [-0.1, -0.05) is 51.8 Å². The van der Waals surface area contributed by atoms with E-state index in [-0.39, 0.29) is 12.3 Å². The molecule has 9 nitrogen and oxygen atoms in total. The van der Waals surface area contributed by atoms with Gasteiger partial charge in [0.05, 0.1) is 18.7 Å². The van der Waals surface area contributed by atoms with Gasteiger partial charge in [-0.15, -0.1) is 0 Å². The summed E-state index contributed by atoms with van der Waals surface area (Å²) in [6.45, 7) is 1.65. The Kier molecular flexibility index (Phi) is 8.09. The maximum Gasteiger partial charge on any atom is 0.329 e. The molecular weight excluding hydrogens is 552 g/mol. The number of methoxy groups -OCH3 is 1. The van der Waals surface area contributed by atoms with Crippen LogP contribution in [-0.2, 0) is 16.2 Å². The van der Waals surface area contributed by atoms with Crippen molar-refractivity contribution in [2.24, 2.45) is 0 Å². The summed E-state index contributed by atoms with van der Waals surface area (Å²) in [5.41, 5.74) is 3.40. The van der Waals surface area contributed by atoms with Gasteiger partial charge in [0.15, 0.2) is 11.5 Å². The molecule has 1 saturated heterocycles. The highest BCUT2D eigenvalue weighted by molar-refractivity contribution is 9.10. The summed E-state index contributed by atoms with van der Waals surface area (Å²) in [5.74, 6) is -0.319. The Morgan fingerprint density at radius 1 is 1.13 bits per heavy atom. The molecular formula is C28H23BrN4O5. The number of imide groups is 1. The first kappa shape index (κ1) is 26.4. The average Bonchev–Trinajstić information content (AvgIpc) is 3.17. The molecule has 0 bridgehead atoms. The highest BCUT2D eigenvalue weighted by Gasteiger charge is 2.35. The quantitative estimate of drug-likeness (QED) is 0.296. The fourth-order valence-corrected chi connectivity index (χ4v) is 4.13. The standard InChI is InChI=1S/C28H23BrN4O5/c1-17-7-9-21(10-8-17)31-26(34)15-33-27(35)23(32-28(33)36)11-20-12-24(37-2)25(13-22(20)29)38-16-19-6-4-3-5-18(19)14-30/h3-13H,15-16H2,1-2H3,(H,31,34)(H,32,36)/b23-11-. The van der Waals surface area contributed by atoms with Crippen LogP contribution in [0.5, 0.6) is 11.5 Å². The monoisotopic (exact) mass is 574 g/mol. The Morgan fingerprint density at radius 2 is 1.87 bits per heavy atom. The summed E-state index contributed by atoms with van der Waals surface area (Å²) in [4.78, 5) is 38.6. The molecule has 1 heterocycles.